The van der Waals surface area contributed by atoms with Crippen LogP contribution >= 0.6 is 0 Å². The molecule has 1 aromatic rings. The number of halogens is 1. The van der Waals surface area contributed by atoms with Crippen LogP contribution in [0.25, 0.3) is 0 Å². The second-order valence-corrected chi connectivity index (χ2v) is 6.01. The van der Waals surface area contributed by atoms with E-state index in [9.17, 15) is 4.39 Å². The summed E-state index contributed by atoms with van der Waals surface area (Å²) in [7, 11) is 3.58. The molecule has 1 N–H and O–H groups in total. The molecule has 0 saturated carbocycles. The fraction of sp³-hybridized carbons (Fsp3) is 0.647. The van der Waals surface area contributed by atoms with Crippen LogP contribution in [0.4, 0.5) is 4.39 Å². The second kappa shape index (κ2) is 6.75. The van der Waals surface area contributed by atoms with Crippen LogP contribution in [0.3, 0.4) is 0 Å². The zero-order chi connectivity index (χ0) is 15.5. The van der Waals surface area contributed by atoms with Crippen LogP contribution in [0.2, 0.25) is 0 Å². The van der Waals surface area contributed by atoms with E-state index in [-0.39, 0.29) is 17.4 Å². The van der Waals surface area contributed by atoms with Crippen molar-refractivity contribution in [2.45, 2.75) is 44.7 Å². The Morgan fingerprint density at radius 3 is 2.57 bits per heavy atom. The van der Waals surface area contributed by atoms with Crippen molar-refractivity contribution < 1.29 is 9.13 Å². The molecule has 1 aromatic carbocycles. The molecule has 0 radical (unpaired) electrons. The predicted octanol–water partition coefficient (Wildman–Crippen LogP) is 3.36. The molecule has 2 unspecified atom stereocenters. The molecule has 0 amide bonds. The average Bonchev–Trinajstić information content (AvgIpc) is 3.03. The van der Waals surface area contributed by atoms with Gasteiger partial charge < -0.3 is 10.1 Å². The number of nitrogens with zero attached hydrogens (tertiary/aromatic N) is 1. The summed E-state index contributed by atoms with van der Waals surface area (Å²) in [4.78, 5) is 2.53. The number of methoxy groups -OCH3 is 1. The summed E-state index contributed by atoms with van der Waals surface area (Å²) in [5, 5.41) is 3.40. The highest BCUT2D eigenvalue weighted by atomic mass is 19.1. The number of ether oxygens (including phenoxy) is 1. The van der Waals surface area contributed by atoms with Crippen molar-refractivity contribution in [1.82, 2.24) is 10.2 Å². The maximum atomic E-state index is 13.8. The predicted molar refractivity (Wildman–Crippen MR) is 84.3 cm³/mol. The summed E-state index contributed by atoms with van der Waals surface area (Å²) in [5.74, 6) is 0.528. The smallest absolute Gasteiger partial charge is 0.123 e. The van der Waals surface area contributed by atoms with E-state index in [0.717, 1.165) is 30.8 Å². The molecular weight excluding hydrogens is 267 g/mol. The van der Waals surface area contributed by atoms with Gasteiger partial charge in [0, 0.05) is 11.1 Å². The Morgan fingerprint density at radius 1 is 1.38 bits per heavy atom. The normalized spacial score (nSPS) is 20.2. The quantitative estimate of drug-likeness (QED) is 0.870. The molecule has 0 aliphatic carbocycles. The van der Waals surface area contributed by atoms with Gasteiger partial charge >= 0.3 is 0 Å². The van der Waals surface area contributed by atoms with Crippen LogP contribution in [-0.2, 0) is 0 Å². The number of likely N-dealkylation sites (N-methyl/N-ethyl adjacent to an activating group) is 1. The highest BCUT2D eigenvalue weighted by Crippen LogP contribution is 2.39. The Balaban J connectivity index is 2.43. The lowest BCUT2D eigenvalue weighted by Crippen LogP contribution is -2.52. The number of nitrogens with one attached hydrogen (secondary N) is 1. The van der Waals surface area contributed by atoms with Crippen molar-refractivity contribution in [3.05, 3.63) is 29.6 Å². The van der Waals surface area contributed by atoms with Crippen LogP contribution in [0.5, 0.6) is 5.75 Å². The van der Waals surface area contributed by atoms with Gasteiger partial charge in [-0.2, -0.15) is 0 Å². The van der Waals surface area contributed by atoms with Gasteiger partial charge in [-0.05, 0) is 64.5 Å². The number of likely N-dealkylation sites (tertiary alicyclic amines) is 1. The lowest BCUT2D eigenvalue weighted by Gasteiger charge is -2.45. The van der Waals surface area contributed by atoms with Crippen molar-refractivity contribution in [1.29, 1.82) is 0 Å². The van der Waals surface area contributed by atoms with E-state index in [0.29, 0.717) is 0 Å². The van der Waals surface area contributed by atoms with Crippen molar-refractivity contribution in [3.63, 3.8) is 0 Å². The summed E-state index contributed by atoms with van der Waals surface area (Å²) >= 11 is 0. The summed E-state index contributed by atoms with van der Waals surface area (Å²) in [5.41, 5.74) is 0.850. The summed E-state index contributed by atoms with van der Waals surface area (Å²) in [6, 6.07) is 4.80. The van der Waals surface area contributed by atoms with E-state index < -0.39 is 0 Å². The fourth-order valence-electron chi connectivity index (χ4n) is 3.57. The molecule has 1 heterocycles. The molecule has 1 saturated heterocycles. The van der Waals surface area contributed by atoms with Gasteiger partial charge in [0.1, 0.15) is 11.6 Å². The highest BCUT2D eigenvalue weighted by molar-refractivity contribution is 5.38. The van der Waals surface area contributed by atoms with Crippen molar-refractivity contribution in [2.24, 2.45) is 0 Å². The van der Waals surface area contributed by atoms with Crippen LogP contribution in [0.1, 0.15) is 44.7 Å². The first-order chi connectivity index (χ1) is 10.1. The van der Waals surface area contributed by atoms with Gasteiger partial charge in [0.15, 0.2) is 0 Å². The fourth-order valence-corrected chi connectivity index (χ4v) is 3.57. The lowest BCUT2D eigenvalue weighted by atomic mass is 9.82. The summed E-state index contributed by atoms with van der Waals surface area (Å²) in [6.07, 6.45) is 3.48. The van der Waals surface area contributed by atoms with Crippen molar-refractivity contribution >= 4 is 0 Å². The number of benzene rings is 1. The Hall–Kier alpha value is -1.13. The maximum Gasteiger partial charge on any atom is 0.123 e. The van der Waals surface area contributed by atoms with E-state index >= 15 is 0 Å². The SMILES string of the molecule is CCC(C)(C(NC)c1cc(F)ccc1OC)N1CCCC1. The Morgan fingerprint density at radius 2 is 2.05 bits per heavy atom. The van der Waals surface area contributed by atoms with E-state index in [1.54, 1.807) is 19.2 Å². The summed E-state index contributed by atoms with van der Waals surface area (Å²) < 4.78 is 19.2. The Labute approximate surface area is 127 Å². The molecule has 0 spiro atoms. The zero-order valence-electron chi connectivity index (χ0n) is 13.6. The van der Waals surface area contributed by atoms with Crippen molar-refractivity contribution in [2.75, 3.05) is 27.2 Å². The van der Waals surface area contributed by atoms with E-state index in [1.165, 1.54) is 18.9 Å². The highest BCUT2D eigenvalue weighted by Gasteiger charge is 2.40. The molecule has 1 aliphatic rings. The first-order valence-electron chi connectivity index (χ1n) is 7.82. The largest absolute Gasteiger partial charge is 0.496 e. The minimum absolute atomic E-state index is 0.0336. The van der Waals surface area contributed by atoms with Crippen LogP contribution in [0, 0.1) is 5.82 Å². The molecule has 3 nitrogen and oxygen atoms in total. The monoisotopic (exact) mass is 294 g/mol. The standard InChI is InChI=1S/C17H27FN2O/c1-5-17(2,20-10-6-7-11-20)16(19-3)14-12-13(18)8-9-15(14)21-4/h8-9,12,16,19H,5-7,10-11H2,1-4H3. The van der Waals surface area contributed by atoms with Crippen LogP contribution < -0.4 is 10.1 Å². The van der Waals surface area contributed by atoms with Gasteiger partial charge in [-0.3, -0.25) is 4.90 Å². The maximum absolute atomic E-state index is 13.8. The van der Waals surface area contributed by atoms with Gasteiger partial charge in [-0.15, -0.1) is 0 Å². The third-order valence-electron chi connectivity index (χ3n) is 4.96. The second-order valence-electron chi connectivity index (χ2n) is 6.01. The molecule has 4 heteroatoms. The van der Waals surface area contributed by atoms with E-state index in [1.807, 2.05) is 7.05 Å². The molecule has 2 rings (SSSR count). The zero-order valence-corrected chi connectivity index (χ0v) is 13.6. The van der Waals surface area contributed by atoms with Gasteiger partial charge in [-0.1, -0.05) is 6.92 Å². The van der Waals surface area contributed by atoms with Crippen molar-refractivity contribution in [3.8, 4) is 5.75 Å². The minimum Gasteiger partial charge on any atom is -0.496 e. The number of hydrogen-bond acceptors (Lipinski definition) is 3. The first-order valence-corrected chi connectivity index (χ1v) is 7.82. The van der Waals surface area contributed by atoms with Gasteiger partial charge in [-0.25, -0.2) is 4.39 Å². The molecule has 0 aromatic heterocycles. The molecule has 1 aliphatic heterocycles. The molecular formula is C17H27FN2O. The van der Waals surface area contributed by atoms with Gasteiger partial charge in [0.25, 0.3) is 0 Å². The topological polar surface area (TPSA) is 24.5 Å². The molecule has 2 atom stereocenters. The lowest BCUT2D eigenvalue weighted by molar-refractivity contribution is 0.0860. The molecule has 118 valence electrons. The summed E-state index contributed by atoms with van der Waals surface area (Å²) in [6.45, 7) is 6.69. The average molecular weight is 294 g/mol. The van der Waals surface area contributed by atoms with Gasteiger partial charge in [0.05, 0.1) is 13.2 Å². The third kappa shape index (κ3) is 3.06. The molecule has 1 fully saturated rings. The van der Waals surface area contributed by atoms with Crippen LogP contribution in [-0.4, -0.2) is 37.7 Å². The number of hydrogen-bond donors (Lipinski definition) is 1. The Kier molecular flexibility index (Phi) is 5.22. The molecule has 0 bridgehead atoms. The minimum atomic E-state index is -0.217. The van der Waals surface area contributed by atoms with E-state index in [2.05, 4.69) is 24.1 Å². The molecule has 21 heavy (non-hydrogen) atoms. The van der Waals surface area contributed by atoms with Crippen LogP contribution in [0.15, 0.2) is 18.2 Å². The van der Waals surface area contributed by atoms with Gasteiger partial charge in [0.2, 0.25) is 0 Å². The first kappa shape index (κ1) is 16.2. The van der Waals surface area contributed by atoms with E-state index in [4.69, 9.17) is 4.74 Å². The number of rotatable bonds is 6. The third-order valence-corrected chi connectivity index (χ3v) is 4.96. The Bertz CT molecular complexity index is 474.